The highest BCUT2D eigenvalue weighted by molar-refractivity contribution is 5.85. The molecule has 76 valence electrons. The molecule has 1 amide bonds. The van der Waals surface area contributed by atoms with Crippen LogP contribution in [0.25, 0.3) is 0 Å². The maximum Gasteiger partial charge on any atom is 0.415 e. The Morgan fingerprint density at radius 1 is 1.50 bits per heavy atom. The van der Waals surface area contributed by atoms with Crippen LogP contribution in [0.15, 0.2) is 24.4 Å². The van der Waals surface area contributed by atoms with Crippen molar-refractivity contribution in [1.82, 2.24) is 4.98 Å². The van der Waals surface area contributed by atoms with Crippen molar-refractivity contribution in [2.75, 3.05) is 11.9 Å². The molecule has 0 aliphatic carbocycles. The first-order valence-corrected chi connectivity index (χ1v) is 4.46. The SMILES string of the molecule is CC(C)OC(=O)N(C)c1ccccn1. The minimum atomic E-state index is -0.390. The molecule has 0 radical (unpaired) electrons. The third-order valence-corrected chi connectivity index (χ3v) is 1.60. The number of pyridine rings is 1. The Hall–Kier alpha value is -1.58. The molecule has 14 heavy (non-hydrogen) atoms. The number of rotatable bonds is 2. The van der Waals surface area contributed by atoms with Crippen LogP contribution >= 0.6 is 0 Å². The van der Waals surface area contributed by atoms with E-state index in [2.05, 4.69) is 4.98 Å². The molecule has 0 atom stereocenters. The van der Waals surface area contributed by atoms with Crippen LogP contribution < -0.4 is 4.90 Å². The number of hydrogen-bond acceptors (Lipinski definition) is 3. The second-order valence-electron chi connectivity index (χ2n) is 3.18. The van der Waals surface area contributed by atoms with Crippen molar-refractivity contribution in [3.8, 4) is 0 Å². The van der Waals surface area contributed by atoms with Gasteiger partial charge in [-0.25, -0.2) is 9.78 Å². The average molecular weight is 194 g/mol. The van der Waals surface area contributed by atoms with Gasteiger partial charge in [-0.3, -0.25) is 4.90 Å². The number of carbonyl (C=O) groups excluding carboxylic acids is 1. The Labute approximate surface area is 83.5 Å². The van der Waals surface area contributed by atoms with Crippen LogP contribution in [0.4, 0.5) is 10.6 Å². The third-order valence-electron chi connectivity index (χ3n) is 1.60. The van der Waals surface area contributed by atoms with Crippen LogP contribution in [-0.4, -0.2) is 24.2 Å². The second kappa shape index (κ2) is 4.60. The molecule has 4 heteroatoms. The molecule has 0 fully saturated rings. The molecule has 0 spiro atoms. The minimum Gasteiger partial charge on any atom is -0.446 e. The molecule has 0 saturated heterocycles. The van der Waals surface area contributed by atoms with Gasteiger partial charge in [0.15, 0.2) is 0 Å². The smallest absolute Gasteiger partial charge is 0.415 e. The summed E-state index contributed by atoms with van der Waals surface area (Å²) < 4.78 is 5.01. The zero-order valence-electron chi connectivity index (χ0n) is 8.60. The maximum absolute atomic E-state index is 11.4. The van der Waals surface area contributed by atoms with Crippen molar-refractivity contribution in [3.63, 3.8) is 0 Å². The lowest BCUT2D eigenvalue weighted by Gasteiger charge is -2.17. The van der Waals surface area contributed by atoms with E-state index in [0.717, 1.165) is 0 Å². The van der Waals surface area contributed by atoms with Crippen molar-refractivity contribution >= 4 is 11.9 Å². The van der Waals surface area contributed by atoms with Crippen molar-refractivity contribution in [2.45, 2.75) is 20.0 Å². The monoisotopic (exact) mass is 194 g/mol. The van der Waals surface area contributed by atoms with Gasteiger partial charge >= 0.3 is 6.09 Å². The maximum atomic E-state index is 11.4. The molecule has 0 aliphatic heterocycles. The molecule has 0 saturated carbocycles. The van der Waals surface area contributed by atoms with Crippen LogP contribution in [0.3, 0.4) is 0 Å². The molecule has 1 aromatic rings. The molecule has 0 aromatic carbocycles. The van der Waals surface area contributed by atoms with E-state index in [1.54, 1.807) is 25.4 Å². The molecule has 0 N–H and O–H groups in total. The highest BCUT2D eigenvalue weighted by Gasteiger charge is 2.13. The highest BCUT2D eigenvalue weighted by Crippen LogP contribution is 2.08. The topological polar surface area (TPSA) is 42.4 Å². The summed E-state index contributed by atoms with van der Waals surface area (Å²) in [7, 11) is 1.63. The normalized spacial score (nSPS) is 10.0. The van der Waals surface area contributed by atoms with Gasteiger partial charge in [-0.15, -0.1) is 0 Å². The number of ether oxygens (including phenoxy) is 1. The molecular formula is C10H14N2O2. The number of carbonyl (C=O) groups is 1. The van der Waals surface area contributed by atoms with Crippen molar-refractivity contribution in [1.29, 1.82) is 0 Å². The Bertz CT molecular complexity index is 298. The number of anilines is 1. The van der Waals surface area contributed by atoms with Gasteiger partial charge in [0, 0.05) is 13.2 Å². The van der Waals surface area contributed by atoms with E-state index in [0.29, 0.717) is 5.82 Å². The summed E-state index contributed by atoms with van der Waals surface area (Å²) in [6.45, 7) is 3.62. The Balaban J connectivity index is 2.66. The zero-order chi connectivity index (χ0) is 10.6. The van der Waals surface area contributed by atoms with E-state index in [9.17, 15) is 4.79 Å². The fourth-order valence-corrected chi connectivity index (χ4v) is 0.926. The first-order chi connectivity index (χ1) is 6.61. The Morgan fingerprint density at radius 3 is 2.71 bits per heavy atom. The number of aromatic nitrogens is 1. The predicted octanol–water partition coefficient (Wildman–Crippen LogP) is 2.06. The van der Waals surface area contributed by atoms with Gasteiger partial charge in [-0.1, -0.05) is 6.07 Å². The predicted molar refractivity (Wildman–Crippen MR) is 54.3 cm³/mol. The molecule has 1 heterocycles. The summed E-state index contributed by atoms with van der Waals surface area (Å²) in [5.41, 5.74) is 0. The lowest BCUT2D eigenvalue weighted by molar-refractivity contribution is 0.123. The van der Waals surface area contributed by atoms with Crippen LogP contribution in [0.5, 0.6) is 0 Å². The van der Waals surface area contributed by atoms with Crippen molar-refractivity contribution in [2.24, 2.45) is 0 Å². The largest absolute Gasteiger partial charge is 0.446 e. The molecule has 0 unspecified atom stereocenters. The number of nitrogens with zero attached hydrogens (tertiary/aromatic N) is 2. The van der Waals surface area contributed by atoms with E-state index in [4.69, 9.17) is 4.74 Å². The molecule has 0 bridgehead atoms. The molecule has 4 nitrogen and oxygen atoms in total. The van der Waals surface area contributed by atoms with Gasteiger partial charge in [0.25, 0.3) is 0 Å². The van der Waals surface area contributed by atoms with Crippen molar-refractivity contribution < 1.29 is 9.53 Å². The van der Waals surface area contributed by atoms with Gasteiger partial charge < -0.3 is 4.74 Å². The van der Waals surface area contributed by atoms with Gasteiger partial charge in [-0.2, -0.15) is 0 Å². The van der Waals surface area contributed by atoms with Crippen LogP contribution in [0.2, 0.25) is 0 Å². The fourth-order valence-electron chi connectivity index (χ4n) is 0.926. The number of hydrogen-bond donors (Lipinski definition) is 0. The third kappa shape index (κ3) is 2.73. The minimum absolute atomic E-state index is 0.117. The first-order valence-electron chi connectivity index (χ1n) is 4.46. The van der Waals surface area contributed by atoms with Gasteiger partial charge in [-0.05, 0) is 26.0 Å². The summed E-state index contributed by atoms with van der Waals surface area (Å²) >= 11 is 0. The summed E-state index contributed by atoms with van der Waals surface area (Å²) in [5, 5.41) is 0. The molecule has 0 aliphatic rings. The number of amides is 1. The zero-order valence-corrected chi connectivity index (χ0v) is 8.60. The highest BCUT2D eigenvalue weighted by atomic mass is 16.6. The van der Waals surface area contributed by atoms with E-state index >= 15 is 0 Å². The lowest BCUT2D eigenvalue weighted by atomic mass is 10.4. The van der Waals surface area contributed by atoms with Gasteiger partial charge in [0.05, 0.1) is 6.10 Å². The van der Waals surface area contributed by atoms with E-state index in [1.165, 1.54) is 4.90 Å². The summed E-state index contributed by atoms with van der Waals surface area (Å²) in [4.78, 5) is 16.8. The molecular weight excluding hydrogens is 180 g/mol. The van der Waals surface area contributed by atoms with Crippen LogP contribution in [0, 0.1) is 0 Å². The molecule has 1 rings (SSSR count). The van der Waals surface area contributed by atoms with E-state index in [1.807, 2.05) is 19.9 Å². The lowest BCUT2D eigenvalue weighted by Crippen LogP contribution is -2.29. The molecule has 1 aromatic heterocycles. The van der Waals surface area contributed by atoms with Gasteiger partial charge in [0.2, 0.25) is 0 Å². The van der Waals surface area contributed by atoms with Crippen LogP contribution in [-0.2, 0) is 4.74 Å². The second-order valence-corrected chi connectivity index (χ2v) is 3.18. The Kier molecular flexibility index (Phi) is 3.45. The standard InChI is InChI=1S/C10H14N2O2/c1-8(2)14-10(13)12(3)9-6-4-5-7-11-9/h4-8H,1-3H3. The summed E-state index contributed by atoms with van der Waals surface area (Å²) in [6.07, 6.45) is 1.13. The Morgan fingerprint density at radius 2 is 2.21 bits per heavy atom. The van der Waals surface area contributed by atoms with Crippen molar-refractivity contribution in [3.05, 3.63) is 24.4 Å². The van der Waals surface area contributed by atoms with Gasteiger partial charge in [0.1, 0.15) is 5.82 Å². The quantitative estimate of drug-likeness (QED) is 0.723. The summed E-state index contributed by atoms with van der Waals surface area (Å²) in [6, 6.07) is 5.37. The van der Waals surface area contributed by atoms with E-state index in [-0.39, 0.29) is 6.10 Å². The first kappa shape index (κ1) is 10.5. The van der Waals surface area contributed by atoms with Crippen LogP contribution in [0.1, 0.15) is 13.8 Å². The average Bonchev–Trinajstić information content (AvgIpc) is 2.17. The fraction of sp³-hybridized carbons (Fsp3) is 0.400. The summed E-state index contributed by atoms with van der Waals surface area (Å²) in [5.74, 6) is 0.582. The van der Waals surface area contributed by atoms with E-state index < -0.39 is 6.09 Å².